The van der Waals surface area contributed by atoms with Crippen molar-refractivity contribution in [2.45, 2.75) is 110 Å². The lowest BCUT2D eigenvalue weighted by atomic mass is 9.97. The first-order chi connectivity index (χ1) is 23.9. The molecule has 286 valence electrons. The van der Waals surface area contributed by atoms with Crippen LogP contribution >= 0.6 is 0 Å². The van der Waals surface area contributed by atoms with E-state index in [4.69, 9.17) is 56.8 Å². The Balaban J connectivity index is 2.75. The van der Waals surface area contributed by atoms with E-state index in [1.165, 1.54) is 0 Å². The van der Waals surface area contributed by atoms with E-state index >= 15 is 0 Å². The standard InChI is InChI=1S/C31H42O20/c1-9-41-24(39)10-11-40-12-23-26(45-18(5)35)29(48-21(8)38)31(50-23,14-43-16(3)33)51-30-28(47-20(7)37)27(46-19(6)36)25(44-17(4)34)22(49-30)13-42-15(2)32/h10-11,22-23,25-30H,9,12-14H2,1-8H3/b11-10+/t22-,23-,25-,26-,27+,28-,29+,30-,31+/m1/s1. The molecule has 0 aromatic carbocycles. The predicted molar refractivity (Wildman–Crippen MR) is 160 cm³/mol. The lowest BCUT2D eigenvalue weighted by Gasteiger charge is -2.46. The van der Waals surface area contributed by atoms with Crippen molar-refractivity contribution in [3.63, 3.8) is 0 Å². The van der Waals surface area contributed by atoms with Gasteiger partial charge in [-0.25, -0.2) is 4.79 Å². The monoisotopic (exact) mass is 734 g/mol. The molecule has 51 heavy (non-hydrogen) atoms. The Labute approximate surface area is 292 Å². The highest BCUT2D eigenvalue weighted by Crippen LogP contribution is 2.41. The molecule has 0 aliphatic carbocycles. The maximum atomic E-state index is 12.5. The Morgan fingerprint density at radius 1 is 0.588 bits per heavy atom. The molecule has 0 unspecified atom stereocenters. The van der Waals surface area contributed by atoms with E-state index in [0.29, 0.717) is 0 Å². The number of carbonyl (C=O) groups excluding carboxylic acids is 8. The number of esters is 8. The van der Waals surface area contributed by atoms with Crippen LogP contribution in [0.4, 0.5) is 0 Å². The smallest absolute Gasteiger partial charge is 0.333 e. The molecule has 2 heterocycles. The van der Waals surface area contributed by atoms with Crippen molar-refractivity contribution in [2.75, 3.05) is 26.4 Å². The molecule has 20 nitrogen and oxygen atoms in total. The predicted octanol–water partition coefficient (Wildman–Crippen LogP) is -0.299. The number of rotatable bonds is 16. The van der Waals surface area contributed by atoms with Crippen LogP contribution in [0.15, 0.2) is 12.3 Å². The van der Waals surface area contributed by atoms with Crippen LogP contribution in [0, 0.1) is 0 Å². The fraction of sp³-hybridized carbons (Fsp3) is 0.677. The van der Waals surface area contributed by atoms with Gasteiger partial charge in [0.2, 0.25) is 12.1 Å². The summed E-state index contributed by atoms with van der Waals surface area (Å²) < 4.78 is 66.1. The zero-order chi connectivity index (χ0) is 38.5. The van der Waals surface area contributed by atoms with E-state index < -0.39 is 122 Å². The molecule has 0 saturated carbocycles. The first-order valence-electron chi connectivity index (χ1n) is 15.5. The summed E-state index contributed by atoms with van der Waals surface area (Å²) in [6, 6.07) is 0. The van der Waals surface area contributed by atoms with Crippen LogP contribution in [-0.2, 0) is 95.2 Å². The van der Waals surface area contributed by atoms with Crippen LogP contribution in [0.3, 0.4) is 0 Å². The third kappa shape index (κ3) is 13.1. The molecule has 2 aliphatic rings. The van der Waals surface area contributed by atoms with Crippen LogP contribution in [0.1, 0.15) is 55.4 Å². The number of hydrogen-bond acceptors (Lipinski definition) is 20. The van der Waals surface area contributed by atoms with E-state index in [2.05, 4.69) is 0 Å². The fourth-order valence-corrected chi connectivity index (χ4v) is 5.00. The van der Waals surface area contributed by atoms with Gasteiger partial charge in [-0.3, -0.25) is 33.6 Å². The minimum absolute atomic E-state index is 0.0861. The van der Waals surface area contributed by atoms with Crippen molar-refractivity contribution < 1.29 is 95.2 Å². The molecule has 2 fully saturated rings. The van der Waals surface area contributed by atoms with E-state index in [1.54, 1.807) is 6.92 Å². The van der Waals surface area contributed by atoms with Gasteiger partial charge in [0.1, 0.15) is 32.0 Å². The van der Waals surface area contributed by atoms with Crippen LogP contribution in [0.25, 0.3) is 0 Å². The van der Waals surface area contributed by atoms with Gasteiger partial charge in [-0.2, -0.15) is 0 Å². The van der Waals surface area contributed by atoms with E-state index in [1.807, 2.05) is 0 Å². The number of ether oxygens (including phenoxy) is 12. The largest absolute Gasteiger partial charge is 0.498 e. The summed E-state index contributed by atoms with van der Waals surface area (Å²) in [6.07, 6.45) is -11.3. The summed E-state index contributed by atoms with van der Waals surface area (Å²) in [7, 11) is 0. The van der Waals surface area contributed by atoms with E-state index in [9.17, 15) is 38.4 Å². The van der Waals surface area contributed by atoms with Crippen molar-refractivity contribution in [3.05, 3.63) is 12.3 Å². The molecule has 0 spiro atoms. The molecule has 2 aliphatic heterocycles. The molecular formula is C31H42O20. The summed E-state index contributed by atoms with van der Waals surface area (Å²) in [4.78, 5) is 97.1. The first-order valence-corrected chi connectivity index (χ1v) is 15.5. The maximum Gasteiger partial charge on any atom is 0.333 e. The van der Waals surface area contributed by atoms with Gasteiger partial charge < -0.3 is 56.8 Å². The third-order valence-electron chi connectivity index (χ3n) is 6.63. The Morgan fingerprint density at radius 2 is 1.12 bits per heavy atom. The second kappa shape index (κ2) is 19.5. The van der Waals surface area contributed by atoms with Gasteiger partial charge in [-0.1, -0.05) is 0 Å². The average molecular weight is 735 g/mol. The summed E-state index contributed by atoms with van der Waals surface area (Å²) >= 11 is 0. The van der Waals surface area contributed by atoms with Crippen molar-refractivity contribution in [1.82, 2.24) is 0 Å². The zero-order valence-electron chi connectivity index (χ0n) is 29.3. The van der Waals surface area contributed by atoms with Gasteiger partial charge in [-0.15, -0.1) is 0 Å². The summed E-state index contributed by atoms with van der Waals surface area (Å²) in [5, 5.41) is 0. The van der Waals surface area contributed by atoms with Crippen LogP contribution in [0.2, 0.25) is 0 Å². The highest BCUT2D eigenvalue weighted by atomic mass is 16.8. The summed E-state index contributed by atoms with van der Waals surface area (Å²) in [5.41, 5.74) is 0. The molecule has 9 atom stereocenters. The van der Waals surface area contributed by atoms with Gasteiger partial charge in [0.15, 0.2) is 30.5 Å². The molecule has 20 heteroatoms. The van der Waals surface area contributed by atoms with Gasteiger partial charge in [0, 0.05) is 48.5 Å². The van der Waals surface area contributed by atoms with Crippen molar-refractivity contribution in [2.24, 2.45) is 0 Å². The normalized spacial score (nSPS) is 28.5. The van der Waals surface area contributed by atoms with Gasteiger partial charge in [0.05, 0.1) is 18.9 Å². The topological polar surface area (TPSA) is 247 Å². The van der Waals surface area contributed by atoms with Crippen LogP contribution in [-0.4, -0.2) is 129 Å². The molecule has 2 rings (SSSR count). The molecule has 0 N–H and O–H groups in total. The SMILES string of the molecule is CCOC(=O)/C=C/OC[C@H]1O[C@@](COC(C)=O)(O[C@H]2O[C@H](COC(C)=O)[C@@H](OC(C)=O)[C@H](OC(C)=O)[C@H]2OC(C)=O)[C@@H](OC(C)=O)[C@@H]1OC(C)=O. The highest BCUT2D eigenvalue weighted by Gasteiger charge is 2.65. The third-order valence-corrected chi connectivity index (χ3v) is 6.63. The number of carbonyl (C=O) groups is 8. The van der Waals surface area contributed by atoms with Gasteiger partial charge in [-0.05, 0) is 6.92 Å². The Hall–Kier alpha value is -4.82. The van der Waals surface area contributed by atoms with Gasteiger partial charge >= 0.3 is 47.8 Å². The molecule has 0 aromatic rings. The molecule has 0 bridgehead atoms. The molecule has 2 saturated heterocycles. The van der Waals surface area contributed by atoms with Crippen LogP contribution < -0.4 is 0 Å². The lowest BCUT2D eigenvalue weighted by molar-refractivity contribution is -0.384. The van der Waals surface area contributed by atoms with E-state index in [-0.39, 0.29) is 6.61 Å². The van der Waals surface area contributed by atoms with Crippen molar-refractivity contribution in [3.8, 4) is 0 Å². The lowest BCUT2D eigenvalue weighted by Crippen LogP contribution is -2.65. The summed E-state index contributed by atoms with van der Waals surface area (Å²) in [6.45, 7) is 6.81. The number of hydrogen-bond donors (Lipinski definition) is 0. The minimum atomic E-state index is -2.49. The van der Waals surface area contributed by atoms with E-state index in [0.717, 1.165) is 60.8 Å². The Kier molecular flexibility index (Phi) is 16.2. The maximum absolute atomic E-state index is 12.5. The first kappa shape index (κ1) is 42.3. The van der Waals surface area contributed by atoms with Crippen LogP contribution in [0.5, 0.6) is 0 Å². The van der Waals surface area contributed by atoms with Gasteiger partial charge in [0.25, 0.3) is 0 Å². The minimum Gasteiger partial charge on any atom is -0.498 e. The average Bonchev–Trinajstić information content (AvgIpc) is 3.26. The summed E-state index contributed by atoms with van der Waals surface area (Å²) in [5.74, 6) is -9.53. The molecule has 0 aromatic heterocycles. The highest BCUT2D eigenvalue weighted by molar-refractivity contribution is 5.81. The van der Waals surface area contributed by atoms with Crippen molar-refractivity contribution >= 4 is 47.8 Å². The molecule has 0 amide bonds. The molecule has 0 radical (unpaired) electrons. The molecular weight excluding hydrogens is 692 g/mol. The quantitative estimate of drug-likeness (QED) is 0.0854. The zero-order valence-corrected chi connectivity index (χ0v) is 29.3. The Morgan fingerprint density at radius 3 is 1.65 bits per heavy atom. The second-order valence-electron chi connectivity index (χ2n) is 10.9. The fourth-order valence-electron chi connectivity index (χ4n) is 5.00. The second-order valence-corrected chi connectivity index (χ2v) is 10.9. The van der Waals surface area contributed by atoms with Crippen molar-refractivity contribution in [1.29, 1.82) is 0 Å². The Bertz CT molecular complexity index is 1330.